The summed E-state index contributed by atoms with van der Waals surface area (Å²) in [5.41, 5.74) is 0.938. The van der Waals surface area contributed by atoms with Gasteiger partial charge in [0, 0.05) is 11.8 Å². The van der Waals surface area contributed by atoms with E-state index in [4.69, 9.17) is 17.0 Å². The van der Waals surface area contributed by atoms with Gasteiger partial charge in [0.1, 0.15) is 5.75 Å². The summed E-state index contributed by atoms with van der Waals surface area (Å²) in [5, 5.41) is 10.7. The van der Waals surface area contributed by atoms with E-state index in [1.54, 1.807) is 0 Å². The molecule has 4 nitrogen and oxygen atoms in total. The second-order valence-electron chi connectivity index (χ2n) is 3.91. The first-order chi connectivity index (χ1) is 8.67. The first kappa shape index (κ1) is 13.0. The van der Waals surface area contributed by atoms with Gasteiger partial charge in [-0.3, -0.25) is 5.10 Å². The molecule has 1 aromatic heterocycles. The average Bonchev–Trinajstić information content (AvgIpc) is 2.75. The van der Waals surface area contributed by atoms with Gasteiger partial charge in [0.05, 0.1) is 6.10 Å². The van der Waals surface area contributed by atoms with Crippen molar-refractivity contribution in [2.75, 3.05) is 5.32 Å². The second-order valence-corrected chi connectivity index (χ2v) is 5.57. The van der Waals surface area contributed by atoms with Gasteiger partial charge in [-0.2, -0.15) is 0 Å². The van der Waals surface area contributed by atoms with Crippen molar-refractivity contribution >= 4 is 34.4 Å². The van der Waals surface area contributed by atoms with Gasteiger partial charge in [0.2, 0.25) is 5.13 Å². The van der Waals surface area contributed by atoms with Gasteiger partial charge in [0.25, 0.3) is 0 Å². The molecule has 1 unspecified atom stereocenters. The van der Waals surface area contributed by atoms with Crippen molar-refractivity contribution in [1.82, 2.24) is 10.2 Å². The largest absolute Gasteiger partial charge is 0.491 e. The summed E-state index contributed by atoms with van der Waals surface area (Å²) in [5.74, 6) is 0.855. The van der Waals surface area contributed by atoms with E-state index < -0.39 is 0 Å². The molecule has 2 aromatic rings. The van der Waals surface area contributed by atoms with Crippen LogP contribution in [-0.4, -0.2) is 16.3 Å². The Bertz CT molecular complexity index is 564. The van der Waals surface area contributed by atoms with Crippen LogP contribution in [0, 0.1) is 3.95 Å². The van der Waals surface area contributed by atoms with Crippen LogP contribution in [0.25, 0.3) is 0 Å². The molecule has 2 N–H and O–H groups in total. The van der Waals surface area contributed by atoms with Crippen LogP contribution in [0.5, 0.6) is 5.75 Å². The number of hydrogen-bond acceptors (Lipinski definition) is 5. The van der Waals surface area contributed by atoms with Crippen LogP contribution >= 0.6 is 23.6 Å². The van der Waals surface area contributed by atoms with Gasteiger partial charge in [-0.1, -0.05) is 24.3 Å². The van der Waals surface area contributed by atoms with Gasteiger partial charge in [0.15, 0.2) is 3.95 Å². The van der Waals surface area contributed by atoms with E-state index in [1.165, 1.54) is 11.3 Å². The Balaban J connectivity index is 2.09. The standard InChI is InChI=1S/C12H15N3OS2/c1-3-8(2)16-10-6-4-5-9(7-10)13-11-14-15-12(17)18-11/h4-8H,3H2,1-2H3,(H,13,14)(H,15,17). The zero-order valence-electron chi connectivity index (χ0n) is 10.3. The molecule has 0 fully saturated rings. The number of H-pyrrole nitrogens is 1. The molecule has 0 aliphatic heterocycles. The number of aromatic amines is 1. The minimum atomic E-state index is 0.215. The molecule has 0 radical (unpaired) electrons. The Hall–Kier alpha value is -1.40. The summed E-state index contributed by atoms with van der Waals surface area (Å²) in [7, 11) is 0. The molecule has 0 saturated heterocycles. The van der Waals surface area contributed by atoms with Crippen LogP contribution < -0.4 is 10.1 Å². The molecule has 0 amide bonds. The van der Waals surface area contributed by atoms with E-state index in [2.05, 4.69) is 29.4 Å². The molecular formula is C12H15N3OS2. The third kappa shape index (κ3) is 3.54. The fraction of sp³-hybridized carbons (Fsp3) is 0.333. The van der Waals surface area contributed by atoms with Crippen LogP contribution in [0.1, 0.15) is 20.3 Å². The first-order valence-electron chi connectivity index (χ1n) is 5.76. The molecule has 0 spiro atoms. The van der Waals surface area contributed by atoms with E-state index in [0.717, 1.165) is 23.0 Å². The Morgan fingerprint density at radius 2 is 2.39 bits per heavy atom. The molecule has 0 bridgehead atoms. The predicted octanol–water partition coefficient (Wildman–Crippen LogP) is 4.12. The van der Waals surface area contributed by atoms with Crippen LogP contribution in [0.3, 0.4) is 0 Å². The predicted molar refractivity (Wildman–Crippen MR) is 77.4 cm³/mol. The van der Waals surface area contributed by atoms with Crippen molar-refractivity contribution in [3.63, 3.8) is 0 Å². The molecule has 0 aliphatic carbocycles. The number of hydrogen-bond donors (Lipinski definition) is 2. The zero-order chi connectivity index (χ0) is 13.0. The lowest BCUT2D eigenvalue weighted by Crippen LogP contribution is -2.09. The lowest BCUT2D eigenvalue weighted by molar-refractivity contribution is 0.217. The van der Waals surface area contributed by atoms with Crippen molar-refractivity contribution in [1.29, 1.82) is 0 Å². The van der Waals surface area contributed by atoms with Gasteiger partial charge in [-0.25, -0.2) is 0 Å². The number of benzene rings is 1. The molecule has 6 heteroatoms. The second kappa shape index (κ2) is 5.97. The lowest BCUT2D eigenvalue weighted by atomic mass is 10.3. The van der Waals surface area contributed by atoms with Crippen molar-refractivity contribution in [2.45, 2.75) is 26.4 Å². The lowest BCUT2D eigenvalue weighted by Gasteiger charge is -2.13. The highest BCUT2D eigenvalue weighted by atomic mass is 32.1. The zero-order valence-corrected chi connectivity index (χ0v) is 11.9. The number of nitrogens with zero attached hydrogens (tertiary/aromatic N) is 1. The Labute approximate surface area is 115 Å². The van der Waals surface area contributed by atoms with Crippen LogP contribution in [0.4, 0.5) is 10.8 Å². The molecule has 0 saturated carbocycles. The molecule has 96 valence electrons. The maximum atomic E-state index is 5.76. The first-order valence-corrected chi connectivity index (χ1v) is 6.99. The Kier molecular flexibility index (Phi) is 4.33. The fourth-order valence-corrected chi connectivity index (χ4v) is 2.18. The van der Waals surface area contributed by atoms with Gasteiger partial charge in [-0.15, -0.1) is 5.10 Å². The van der Waals surface area contributed by atoms with E-state index in [0.29, 0.717) is 3.95 Å². The molecule has 18 heavy (non-hydrogen) atoms. The van der Waals surface area contributed by atoms with Crippen molar-refractivity contribution in [3.8, 4) is 5.75 Å². The highest BCUT2D eigenvalue weighted by Gasteiger charge is 2.03. The van der Waals surface area contributed by atoms with Crippen LogP contribution in [-0.2, 0) is 0 Å². The molecule has 1 heterocycles. The fourth-order valence-electron chi connectivity index (χ4n) is 1.37. The van der Waals surface area contributed by atoms with E-state index in [1.807, 2.05) is 24.3 Å². The molecule has 1 atom stereocenters. The molecule has 0 aliphatic rings. The average molecular weight is 281 g/mol. The van der Waals surface area contributed by atoms with Gasteiger partial charge in [-0.05, 0) is 37.7 Å². The molecule has 1 aromatic carbocycles. The number of ether oxygens (including phenoxy) is 1. The van der Waals surface area contributed by atoms with Crippen molar-refractivity contribution < 1.29 is 4.74 Å². The summed E-state index contributed by atoms with van der Waals surface area (Å²) >= 11 is 6.39. The third-order valence-corrected chi connectivity index (χ3v) is 3.44. The summed E-state index contributed by atoms with van der Waals surface area (Å²) in [6.45, 7) is 4.16. The SMILES string of the molecule is CCC(C)Oc1cccc(Nc2n[nH]c(=S)s2)c1. The highest BCUT2D eigenvalue weighted by molar-refractivity contribution is 7.73. The van der Waals surface area contributed by atoms with E-state index >= 15 is 0 Å². The summed E-state index contributed by atoms with van der Waals surface area (Å²) < 4.78 is 6.42. The van der Waals surface area contributed by atoms with Crippen LogP contribution in [0.15, 0.2) is 24.3 Å². The summed E-state index contributed by atoms with van der Waals surface area (Å²) in [6, 6.07) is 7.82. The normalized spacial score (nSPS) is 12.1. The Morgan fingerprint density at radius 1 is 1.56 bits per heavy atom. The minimum Gasteiger partial charge on any atom is -0.491 e. The van der Waals surface area contributed by atoms with E-state index in [-0.39, 0.29) is 6.10 Å². The number of anilines is 2. The smallest absolute Gasteiger partial charge is 0.208 e. The maximum absolute atomic E-state index is 5.76. The van der Waals surface area contributed by atoms with Gasteiger partial charge >= 0.3 is 0 Å². The van der Waals surface area contributed by atoms with Crippen LogP contribution in [0.2, 0.25) is 0 Å². The monoisotopic (exact) mass is 281 g/mol. The molecule has 2 rings (SSSR count). The maximum Gasteiger partial charge on any atom is 0.208 e. The Morgan fingerprint density at radius 3 is 3.06 bits per heavy atom. The summed E-state index contributed by atoms with van der Waals surface area (Å²) in [6.07, 6.45) is 1.20. The number of aromatic nitrogens is 2. The summed E-state index contributed by atoms with van der Waals surface area (Å²) in [4.78, 5) is 0. The number of nitrogens with one attached hydrogen (secondary N) is 2. The van der Waals surface area contributed by atoms with E-state index in [9.17, 15) is 0 Å². The highest BCUT2D eigenvalue weighted by Crippen LogP contribution is 2.23. The quantitative estimate of drug-likeness (QED) is 0.809. The molecular weight excluding hydrogens is 266 g/mol. The topological polar surface area (TPSA) is 49.9 Å². The third-order valence-electron chi connectivity index (χ3n) is 2.44. The minimum absolute atomic E-state index is 0.215. The van der Waals surface area contributed by atoms with Crippen molar-refractivity contribution in [3.05, 3.63) is 28.2 Å². The van der Waals surface area contributed by atoms with Gasteiger partial charge < -0.3 is 10.1 Å². The number of rotatable bonds is 5. The van der Waals surface area contributed by atoms with Crippen molar-refractivity contribution in [2.24, 2.45) is 0 Å².